The van der Waals surface area contributed by atoms with Gasteiger partial charge in [0.05, 0.1) is 36.6 Å². The number of carbonyl (C=O) groups excluding carboxylic acids is 4. The summed E-state index contributed by atoms with van der Waals surface area (Å²) < 4.78 is 13.0. The molecular formula is C39H47BrClN3O7. The molecule has 3 aliphatic rings. The molecule has 0 saturated carbocycles. The Balaban J connectivity index is 1.55. The van der Waals surface area contributed by atoms with Crippen LogP contribution in [0.25, 0.3) is 0 Å². The van der Waals surface area contributed by atoms with Gasteiger partial charge in [-0.05, 0) is 61.9 Å². The molecule has 10 nitrogen and oxygen atoms in total. The maximum absolute atomic E-state index is 14.9. The summed E-state index contributed by atoms with van der Waals surface area (Å²) in [5.74, 6) is -3.76. The van der Waals surface area contributed by atoms with Crippen LogP contribution in [-0.2, 0) is 28.7 Å². The lowest BCUT2D eigenvalue weighted by Gasteiger charge is -2.39. The normalized spacial score (nSPS) is 26.7. The average molecular weight is 785 g/mol. The van der Waals surface area contributed by atoms with Gasteiger partial charge in [0.1, 0.15) is 17.7 Å². The number of nitrogens with zero attached hydrogens (tertiary/aromatic N) is 2. The monoisotopic (exact) mass is 783 g/mol. The van der Waals surface area contributed by atoms with Crippen LogP contribution in [0.1, 0.15) is 58.1 Å². The molecule has 2 aromatic carbocycles. The molecule has 2 bridgehead atoms. The smallest absolute Gasteiger partial charge is 0.313 e. The first kappa shape index (κ1) is 38.7. The number of fused-ring (bicyclic) bond motifs is 1. The van der Waals surface area contributed by atoms with Crippen LogP contribution in [0.15, 0.2) is 79.9 Å². The Labute approximate surface area is 313 Å². The van der Waals surface area contributed by atoms with Gasteiger partial charge in [0.2, 0.25) is 11.8 Å². The molecular weight excluding hydrogens is 738 g/mol. The van der Waals surface area contributed by atoms with Gasteiger partial charge in [-0.2, -0.15) is 0 Å². The van der Waals surface area contributed by atoms with Crippen molar-refractivity contribution in [3.8, 4) is 0 Å². The standard InChI is InChI=1S/C39H47BrClN3O7/c1-6-8-14-30(46)42-24(5)33(25-12-10-9-11-13-25)50-38(49)31-32-36(47)44(28(22-45)20-23(3)4)35(39(32)21-29(40)34(31)51-39)37(48)43(19-7-2)27-17-15-26(41)16-18-27/h6-7,9-13,15-18,23-24,28-29,31-35,45H,1-2,8,14,19-22H2,3-5H3,(H,42,46)/t24-,28+,29?,31+,32-,33-,34+,35+,39-/m0/s1. The molecule has 12 heteroatoms. The highest BCUT2D eigenvalue weighted by molar-refractivity contribution is 9.09. The van der Waals surface area contributed by atoms with E-state index in [-0.39, 0.29) is 42.6 Å². The van der Waals surface area contributed by atoms with Crippen LogP contribution in [0.3, 0.4) is 0 Å². The molecule has 2 aromatic rings. The van der Waals surface area contributed by atoms with E-state index in [1.54, 1.807) is 43.3 Å². The molecule has 1 unspecified atom stereocenters. The molecule has 3 heterocycles. The van der Waals surface area contributed by atoms with E-state index < -0.39 is 65.6 Å². The third-order valence-corrected chi connectivity index (χ3v) is 11.2. The molecule has 274 valence electrons. The van der Waals surface area contributed by atoms with E-state index in [0.29, 0.717) is 29.1 Å². The van der Waals surface area contributed by atoms with Gasteiger partial charge >= 0.3 is 5.97 Å². The highest BCUT2D eigenvalue weighted by Crippen LogP contribution is 2.61. The van der Waals surface area contributed by atoms with Gasteiger partial charge < -0.3 is 29.7 Å². The third-order valence-electron chi connectivity index (χ3n) is 10.1. The van der Waals surface area contributed by atoms with Crippen molar-refractivity contribution in [3.05, 3.63) is 90.5 Å². The molecule has 5 rings (SSSR count). The van der Waals surface area contributed by atoms with E-state index >= 15 is 0 Å². The third kappa shape index (κ3) is 7.68. The number of aliphatic hydroxyl groups is 1. The van der Waals surface area contributed by atoms with Crippen LogP contribution in [0.5, 0.6) is 0 Å². The molecule has 51 heavy (non-hydrogen) atoms. The van der Waals surface area contributed by atoms with E-state index in [0.717, 1.165) is 0 Å². The minimum Gasteiger partial charge on any atom is -0.455 e. The first-order valence-corrected chi connectivity index (χ1v) is 18.8. The molecule has 3 amide bonds. The summed E-state index contributed by atoms with van der Waals surface area (Å²) in [7, 11) is 0. The Morgan fingerprint density at radius 2 is 1.82 bits per heavy atom. The second kappa shape index (κ2) is 16.4. The zero-order chi connectivity index (χ0) is 37.0. The SMILES string of the molecule is C=CCCC(=O)N[C@@H](C)[C@H](OC(=O)[C@H]1[C@@H]2O[C@@]3(CC2Br)[C@@H]1C(=O)N([C@@H](CO)CC(C)C)[C@@H]3C(=O)N(CC=C)c1ccc(Cl)cc1)c1ccccc1. The number of allylic oxidation sites excluding steroid dienone is 1. The van der Waals surface area contributed by atoms with Crippen molar-refractivity contribution in [1.29, 1.82) is 0 Å². The van der Waals surface area contributed by atoms with E-state index in [2.05, 4.69) is 34.4 Å². The molecule has 3 aliphatic heterocycles. The highest BCUT2D eigenvalue weighted by Gasteiger charge is 2.77. The van der Waals surface area contributed by atoms with Crippen molar-refractivity contribution in [2.75, 3.05) is 18.1 Å². The molecule has 1 spiro atoms. The summed E-state index contributed by atoms with van der Waals surface area (Å²) in [5.41, 5.74) is -0.168. The van der Waals surface area contributed by atoms with Crippen molar-refractivity contribution in [3.63, 3.8) is 0 Å². The number of halogens is 2. The van der Waals surface area contributed by atoms with Crippen molar-refractivity contribution >= 4 is 56.9 Å². The van der Waals surface area contributed by atoms with Gasteiger partial charge in [-0.15, -0.1) is 13.2 Å². The topological polar surface area (TPSA) is 125 Å². The first-order chi connectivity index (χ1) is 24.4. The lowest BCUT2D eigenvalue weighted by Crippen LogP contribution is -2.59. The minimum atomic E-state index is -1.39. The fourth-order valence-corrected chi connectivity index (χ4v) is 9.06. The van der Waals surface area contributed by atoms with Gasteiger partial charge in [-0.1, -0.05) is 83.9 Å². The van der Waals surface area contributed by atoms with Crippen LogP contribution in [0.4, 0.5) is 5.69 Å². The number of esters is 1. The van der Waals surface area contributed by atoms with E-state index in [1.807, 2.05) is 44.2 Å². The molecule has 0 aliphatic carbocycles. The molecule has 3 fully saturated rings. The Kier molecular flexibility index (Phi) is 12.5. The van der Waals surface area contributed by atoms with Gasteiger partial charge in [0.15, 0.2) is 0 Å². The molecule has 0 radical (unpaired) electrons. The van der Waals surface area contributed by atoms with Gasteiger partial charge in [-0.3, -0.25) is 19.2 Å². The van der Waals surface area contributed by atoms with Crippen molar-refractivity contribution in [2.24, 2.45) is 17.8 Å². The van der Waals surface area contributed by atoms with E-state index in [1.165, 1.54) is 9.80 Å². The maximum Gasteiger partial charge on any atom is 0.313 e. The average Bonchev–Trinajstić information content (AvgIpc) is 3.71. The number of aliphatic hydroxyl groups excluding tert-OH is 1. The van der Waals surface area contributed by atoms with Crippen molar-refractivity contribution in [1.82, 2.24) is 10.2 Å². The Hall–Kier alpha value is -3.51. The molecule has 2 N–H and O–H groups in total. The predicted octanol–water partition coefficient (Wildman–Crippen LogP) is 5.77. The summed E-state index contributed by atoms with van der Waals surface area (Å²) in [6.45, 7) is 13.0. The van der Waals surface area contributed by atoms with Gasteiger partial charge in [0.25, 0.3) is 5.91 Å². The number of benzene rings is 2. The number of likely N-dealkylation sites (tertiary alicyclic amines) is 1. The molecule has 0 aromatic heterocycles. The Bertz CT molecular complexity index is 1610. The number of ether oxygens (including phenoxy) is 2. The van der Waals surface area contributed by atoms with Crippen molar-refractivity contribution < 1.29 is 33.8 Å². The highest BCUT2D eigenvalue weighted by atomic mass is 79.9. The number of rotatable bonds is 16. The fourth-order valence-electron chi connectivity index (χ4n) is 7.99. The van der Waals surface area contributed by atoms with Gasteiger partial charge in [-0.25, -0.2) is 0 Å². The van der Waals surface area contributed by atoms with Crippen LogP contribution in [-0.4, -0.2) is 81.5 Å². The summed E-state index contributed by atoms with van der Waals surface area (Å²) in [5, 5.41) is 14.1. The van der Waals surface area contributed by atoms with E-state index in [4.69, 9.17) is 21.1 Å². The van der Waals surface area contributed by atoms with Crippen LogP contribution < -0.4 is 10.2 Å². The zero-order valence-electron chi connectivity index (χ0n) is 29.3. The van der Waals surface area contributed by atoms with Crippen LogP contribution in [0.2, 0.25) is 5.02 Å². The lowest BCUT2D eigenvalue weighted by molar-refractivity contribution is -0.162. The number of hydrogen-bond donors (Lipinski definition) is 2. The Morgan fingerprint density at radius 1 is 1.14 bits per heavy atom. The maximum atomic E-state index is 14.9. The summed E-state index contributed by atoms with van der Waals surface area (Å²) in [6.07, 6.45) is 3.06. The summed E-state index contributed by atoms with van der Waals surface area (Å²) >= 11 is 9.91. The number of nitrogens with one attached hydrogen (secondary N) is 1. The van der Waals surface area contributed by atoms with Crippen LogP contribution >= 0.6 is 27.5 Å². The second-order valence-electron chi connectivity index (χ2n) is 14.0. The zero-order valence-corrected chi connectivity index (χ0v) is 31.6. The molecule has 3 saturated heterocycles. The largest absolute Gasteiger partial charge is 0.455 e. The number of anilines is 1. The van der Waals surface area contributed by atoms with Gasteiger partial charge in [0, 0.05) is 28.5 Å². The quantitative estimate of drug-likeness (QED) is 0.126. The van der Waals surface area contributed by atoms with Crippen molar-refractivity contribution in [2.45, 2.75) is 87.2 Å². The lowest BCUT2D eigenvalue weighted by atomic mass is 9.70. The van der Waals surface area contributed by atoms with Crippen LogP contribution in [0, 0.1) is 17.8 Å². The minimum absolute atomic E-state index is 0.0842. The fraction of sp³-hybridized carbons (Fsp3) is 0.487. The number of amides is 3. The summed E-state index contributed by atoms with van der Waals surface area (Å²) in [6, 6.07) is 13.4. The Morgan fingerprint density at radius 3 is 2.43 bits per heavy atom. The number of hydrogen-bond acceptors (Lipinski definition) is 7. The van der Waals surface area contributed by atoms with E-state index in [9.17, 15) is 24.3 Å². The number of alkyl halides is 1. The number of carbonyl (C=O) groups is 4. The predicted molar refractivity (Wildman–Crippen MR) is 199 cm³/mol. The summed E-state index contributed by atoms with van der Waals surface area (Å²) in [4.78, 5) is 59.6. The molecule has 9 atom stereocenters. The second-order valence-corrected chi connectivity index (χ2v) is 15.7. The first-order valence-electron chi connectivity index (χ1n) is 17.5.